The fraction of sp³-hybridized carbons (Fsp3) is 0.750. The van der Waals surface area contributed by atoms with Crippen LogP contribution in [-0.2, 0) is 6.42 Å². The zero-order valence-electron chi connectivity index (χ0n) is 13.0. The maximum atomic E-state index is 3.57. The van der Waals surface area contributed by atoms with Gasteiger partial charge in [-0.05, 0) is 29.7 Å². The topological polar surface area (TPSA) is 15.3 Å². The van der Waals surface area contributed by atoms with E-state index in [1.807, 2.05) is 11.3 Å². The zero-order chi connectivity index (χ0) is 14.1. The van der Waals surface area contributed by atoms with E-state index in [-0.39, 0.29) is 0 Å². The molecule has 0 aliphatic carbocycles. The summed E-state index contributed by atoms with van der Waals surface area (Å²) in [6.45, 7) is 15.0. The summed E-state index contributed by atoms with van der Waals surface area (Å²) in [6, 6.07) is 4.35. The van der Waals surface area contributed by atoms with Crippen LogP contribution in [0.15, 0.2) is 17.5 Å². The molecule has 0 amide bonds. The van der Waals surface area contributed by atoms with Crippen LogP contribution in [-0.4, -0.2) is 37.6 Å². The van der Waals surface area contributed by atoms with E-state index in [1.165, 1.54) is 24.5 Å². The van der Waals surface area contributed by atoms with Crippen molar-refractivity contribution >= 4 is 11.3 Å². The molecule has 0 aliphatic heterocycles. The van der Waals surface area contributed by atoms with Crippen molar-refractivity contribution < 1.29 is 0 Å². The standard InChI is InChI=1S/C16H30N2S/c1-14(2)12-18(13-15(3)4)10-9-17-8-7-16-6-5-11-19-16/h5-6,11,14-15,17H,7-10,12-13H2,1-4H3. The van der Waals surface area contributed by atoms with Gasteiger partial charge in [0.25, 0.3) is 0 Å². The van der Waals surface area contributed by atoms with E-state index in [9.17, 15) is 0 Å². The summed E-state index contributed by atoms with van der Waals surface area (Å²) in [7, 11) is 0. The smallest absolute Gasteiger partial charge is 0.0107 e. The normalized spacial score (nSPS) is 11.9. The number of nitrogens with one attached hydrogen (secondary N) is 1. The van der Waals surface area contributed by atoms with Crippen molar-refractivity contribution in [1.82, 2.24) is 10.2 Å². The molecule has 0 aromatic carbocycles. The maximum absolute atomic E-state index is 3.57. The third-order valence-corrected chi connectivity index (χ3v) is 3.92. The summed E-state index contributed by atoms with van der Waals surface area (Å²) >= 11 is 1.85. The lowest BCUT2D eigenvalue weighted by molar-refractivity contribution is 0.220. The molecule has 1 N–H and O–H groups in total. The average Bonchev–Trinajstić information content (AvgIpc) is 2.79. The van der Waals surface area contributed by atoms with Crippen molar-refractivity contribution in [2.75, 3.05) is 32.7 Å². The Hall–Kier alpha value is -0.380. The molecule has 110 valence electrons. The SMILES string of the molecule is CC(C)CN(CCNCCc1cccs1)CC(C)C. The Balaban J connectivity index is 2.12. The summed E-state index contributed by atoms with van der Waals surface area (Å²) < 4.78 is 0. The van der Waals surface area contributed by atoms with Gasteiger partial charge in [-0.15, -0.1) is 11.3 Å². The quantitative estimate of drug-likeness (QED) is 0.661. The third kappa shape index (κ3) is 8.40. The van der Waals surface area contributed by atoms with Crippen molar-refractivity contribution in [1.29, 1.82) is 0 Å². The molecule has 1 rings (SSSR count). The molecule has 0 unspecified atom stereocenters. The second-order valence-corrected chi connectivity index (χ2v) is 7.16. The van der Waals surface area contributed by atoms with Crippen molar-refractivity contribution in [3.8, 4) is 0 Å². The molecule has 0 saturated carbocycles. The predicted octanol–water partition coefficient (Wildman–Crippen LogP) is 3.49. The Bertz CT molecular complexity index is 297. The molecule has 0 fully saturated rings. The van der Waals surface area contributed by atoms with Crippen LogP contribution in [0.4, 0.5) is 0 Å². The van der Waals surface area contributed by atoms with Gasteiger partial charge in [0.2, 0.25) is 0 Å². The van der Waals surface area contributed by atoms with Gasteiger partial charge in [0, 0.05) is 37.6 Å². The fourth-order valence-electron chi connectivity index (χ4n) is 2.32. The van der Waals surface area contributed by atoms with Gasteiger partial charge >= 0.3 is 0 Å². The van der Waals surface area contributed by atoms with Gasteiger partial charge in [-0.3, -0.25) is 0 Å². The molecule has 1 aromatic heterocycles. The summed E-state index contributed by atoms with van der Waals surface area (Å²) in [5.41, 5.74) is 0. The van der Waals surface area contributed by atoms with Crippen molar-refractivity contribution in [2.45, 2.75) is 34.1 Å². The van der Waals surface area contributed by atoms with Crippen molar-refractivity contribution in [2.24, 2.45) is 11.8 Å². The minimum Gasteiger partial charge on any atom is -0.315 e. The van der Waals surface area contributed by atoms with Crippen LogP contribution >= 0.6 is 11.3 Å². The van der Waals surface area contributed by atoms with Crippen LogP contribution in [0.25, 0.3) is 0 Å². The molecule has 0 radical (unpaired) electrons. The lowest BCUT2D eigenvalue weighted by Crippen LogP contribution is -2.37. The molecule has 3 heteroatoms. The van der Waals surface area contributed by atoms with Crippen LogP contribution < -0.4 is 5.32 Å². The van der Waals surface area contributed by atoms with Gasteiger partial charge in [0.15, 0.2) is 0 Å². The Morgan fingerprint density at radius 2 is 1.79 bits per heavy atom. The van der Waals surface area contributed by atoms with Crippen LogP contribution in [0, 0.1) is 11.8 Å². The van der Waals surface area contributed by atoms with Crippen LogP contribution in [0.2, 0.25) is 0 Å². The van der Waals surface area contributed by atoms with Crippen LogP contribution in [0.3, 0.4) is 0 Å². The van der Waals surface area contributed by atoms with Crippen LogP contribution in [0.5, 0.6) is 0 Å². The highest BCUT2D eigenvalue weighted by atomic mass is 32.1. The maximum Gasteiger partial charge on any atom is 0.0107 e. The molecular weight excluding hydrogens is 252 g/mol. The van der Waals surface area contributed by atoms with E-state index in [0.29, 0.717) is 0 Å². The number of hydrogen-bond acceptors (Lipinski definition) is 3. The van der Waals surface area contributed by atoms with Gasteiger partial charge in [0.05, 0.1) is 0 Å². The average molecular weight is 282 g/mol. The lowest BCUT2D eigenvalue weighted by atomic mass is 10.1. The first kappa shape index (κ1) is 16.7. The molecule has 2 nitrogen and oxygen atoms in total. The Morgan fingerprint density at radius 3 is 2.32 bits per heavy atom. The predicted molar refractivity (Wildman–Crippen MR) is 87.0 cm³/mol. The van der Waals surface area contributed by atoms with E-state index in [2.05, 4.69) is 55.4 Å². The molecular formula is C16H30N2S. The fourth-order valence-corrected chi connectivity index (χ4v) is 3.03. The molecule has 1 heterocycles. The molecule has 0 bridgehead atoms. The van der Waals surface area contributed by atoms with E-state index in [4.69, 9.17) is 0 Å². The first-order valence-corrected chi connectivity index (χ1v) is 8.41. The summed E-state index contributed by atoms with van der Waals surface area (Å²) in [5.74, 6) is 1.51. The first-order valence-electron chi connectivity index (χ1n) is 7.53. The molecule has 0 spiro atoms. The van der Waals surface area contributed by atoms with E-state index in [0.717, 1.165) is 31.3 Å². The second-order valence-electron chi connectivity index (χ2n) is 6.13. The van der Waals surface area contributed by atoms with Crippen molar-refractivity contribution in [3.05, 3.63) is 22.4 Å². The van der Waals surface area contributed by atoms with Gasteiger partial charge in [-0.2, -0.15) is 0 Å². The van der Waals surface area contributed by atoms with Gasteiger partial charge in [0.1, 0.15) is 0 Å². The van der Waals surface area contributed by atoms with E-state index >= 15 is 0 Å². The molecule has 0 aliphatic rings. The number of thiophene rings is 1. The molecule has 0 saturated heterocycles. The van der Waals surface area contributed by atoms with E-state index in [1.54, 1.807) is 0 Å². The first-order chi connectivity index (χ1) is 9.08. The van der Waals surface area contributed by atoms with Gasteiger partial charge < -0.3 is 10.2 Å². The zero-order valence-corrected chi connectivity index (χ0v) is 13.8. The third-order valence-electron chi connectivity index (χ3n) is 2.98. The molecule has 1 aromatic rings. The monoisotopic (exact) mass is 282 g/mol. The largest absolute Gasteiger partial charge is 0.315 e. The Morgan fingerprint density at radius 1 is 1.11 bits per heavy atom. The Kier molecular flexibility index (Phi) is 8.35. The second kappa shape index (κ2) is 9.51. The van der Waals surface area contributed by atoms with Gasteiger partial charge in [-0.1, -0.05) is 33.8 Å². The highest BCUT2D eigenvalue weighted by Gasteiger charge is 2.08. The minimum absolute atomic E-state index is 0.755. The Labute approximate surface area is 123 Å². The van der Waals surface area contributed by atoms with E-state index < -0.39 is 0 Å². The van der Waals surface area contributed by atoms with Crippen molar-refractivity contribution in [3.63, 3.8) is 0 Å². The lowest BCUT2D eigenvalue weighted by Gasteiger charge is -2.26. The molecule has 19 heavy (non-hydrogen) atoms. The minimum atomic E-state index is 0.755. The van der Waals surface area contributed by atoms with Crippen LogP contribution in [0.1, 0.15) is 32.6 Å². The molecule has 0 atom stereocenters. The summed E-state index contributed by atoms with van der Waals surface area (Å²) in [4.78, 5) is 4.07. The summed E-state index contributed by atoms with van der Waals surface area (Å²) in [6.07, 6.45) is 1.16. The highest BCUT2D eigenvalue weighted by Crippen LogP contribution is 2.08. The summed E-state index contributed by atoms with van der Waals surface area (Å²) in [5, 5.41) is 5.72. The number of hydrogen-bond donors (Lipinski definition) is 1. The number of rotatable bonds is 10. The number of nitrogens with zero attached hydrogens (tertiary/aromatic N) is 1. The highest BCUT2D eigenvalue weighted by molar-refractivity contribution is 7.09. The van der Waals surface area contributed by atoms with Gasteiger partial charge in [-0.25, -0.2) is 0 Å².